The number of hydrogen-bond donors (Lipinski definition) is 0. The number of imidazole rings is 1. The fourth-order valence-corrected chi connectivity index (χ4v) is 3.14. The zero-order valence-electron chi connectivity index (χ0n) is 10.6. The van der Waals surface area contributed by atoms with Gasteiger partial charge in [-0.05, 0) is 37.5 Å². The van der Waals surface area contributed by atoms with Gasteiger partial charge in [0, 0.05) is 29.6 Å². The second-order valence-corrected chi connectivity index (χ2v) is 6.02. The van der Waals surface area contributed by atoms with Crippen LogP contribution in [-0.2, 0) is 12.8 Å². The zero-order valence-corrected chi connectivity index (χ0v) is 12.2. The molecule has 18 heavy (non-hydrogen) atoms. The number of aromatic nitrogens is 2. The van der Waals surface area contributed by atoms with Crippen LogP contribution in [0.5, 0.6) is 0 Å². The maximum absolute atomic E-state index is 4.77. The number of aryl methyl sites for hydroxylation is 1. The molecule has 0 fully saturated rings. The number of halogens is 1. The molecular formula is C15H17BrN2. The molecule has 3 heteroatoms. The smallest absolute Gasteiger partial charge is 0.109 e. The van der Waals surface area contributed by atoms with Gasteiger partial charge in [-0.1, -0.05) is 28.1 Å². The van der Waals surface area contributed by atoms with Crippen molar-refractivity contribution in [2.24, 2.45) is 0 Å². The van der Waals surface area contributed by atoms with Gasteiger partial charge in [0.1, 0.15) is 5.82 Å². The molecule has 3 rings (SSSR count). The lowest BCUT2D eigenvalue weighted by atomic mass is 10.1. The summed E-state index contributed by atoms with van der Waals surface area (Å²) >= 11 is 3.52. The third-order valence-electron chi connectivity index (χ3n) is 3.63. The van der Waals surface area contributed by atoms with Crippen molar-refractivity contribution in [3.63, 3.8) is 0 Å². The molecule has 0 spiro atoms. The lowest BCUT2D eigenvalue weighted by Gasteiger charge is -2.20. The van der Waals surface area contributed by atoms with Gasteiger partial charge in [-0.25, -0.2) is 4.98 Å². The molecule has 0 N–H and O–H groups in total. The van der Waals surface area contributed by atoms with Crippen molar-refractivity contribution in [1.82, 2.24) is 9.55 Å². The molecule has 2 heterocycles. The first kappa shape index (κ1) is 12.0. The van der Waals surface area contributed by atoms with Gasteiger partial charge in [-0.3, -0.25) is 0 Å². The van der Waals surface area contributed by atoms with Crippen LogP contribution in [0.3, 0.4) is 0 Å². The normalized spacial score (nSPS) is 18.7. The van der Waals surface area contributed by atoms with E-state index in [0.717, 1.165) is 17.3 Å². The molecule has 1 aliphatic rings. The summed E-state index contributed by atoms with van der Waals surface area (Å²) in [5.41, 5.74) is 2.50. The second-order valence-electron chi connectivity index (χ2n) is 5.10. The van der Waals surface area contributed by atoms with Crippen LogP contribution in [0, 0.1) is 0 Å². The maximum atomic E-state index is 4.77. The fraction of sp³-hybridized carbons (Fsp3) is 0.400. The SMILES string of the molecule is CC1CCCc2nc(Cc3cccc(Br)c3)cn21. The Kier molecular flexibility index (Phi) is 3.25. The minimum atomic E-state index is 0.609. The predicted molar refractivity (Wildman–Crippen MR) is 76.8 cm³/mol. The van der Waals surface area contributed by atoms with E-state index in [-0.39, 0.29) is 0 Å². The number of rotatable bonds is 2. The predicted octanol–water partition coefficient (Wildman–Crippen LogP) is 4.13. The molecule has 2 nitrogen and oxygen atoms in total. The number of hydrogen-bond acceptors (Lipinski definition) is 1. The highest BCUT2D eigenvalue weighted by atomic mass is 79.9. The van der Waals surface area contributed by atoms with Crippen LogP contribution in [0.2, 0.25) is 0 Å². The molecule has 0 saturated heterocycles. The number of nitrogens with zero attached hydrogens (tertiary/aromatic N) is 2. The van der Waals surface area contributed by atoms with E-state index in [1.54, 1.807) is 0 Å². The lowest BCUT2D eigenvalue weighted by molar-refractivity contribution is 0.425. The van der Waals surface area contributed by atoms with Crippen molar-refractivity contribution in [3.8, 4) is 0 Å². The van der Waals surface area contributed by atoms with E-state index < -0.39 is 0 Å². The van der Waals surface area contributed by atoms with E-state index in [2.05, 4.69) is 57.9 Å². The Morgan fingerprint density at radius 2 is 2.33 bits per heavy atom. The summed E-state index contributed by atoms with van der Waals surface area (Å²) in [6.07, 6.45) is 6.84. The van der Waals surface area contributed by atoms with Gasteiger partial charge in [-0.15, -0.1) is 0 Å². The average Bonchev–Trinajstić information content (AvgIpc) is 2.73. The standard InChI is InChI=1S/C15H17BrN2/c1-11-4-2-7-15-17-14(10-18(11)15)9-12-5-3-6-13(16)8-12/h3,5-6,8,10-11H,2,4,7,9H2,1H3. The van der Waals surface area contributed by atoms with Crippen LogP contribution in [0.15, 0.2) is 34.9 Å². The Morgan fingerprint density at radius 3 is 3.11 bits per heavy atom. The molecular weight excluding hydrogens is 288 g/mol. The van der Waals surface area contributed by atoms with E-state index >= 15 is 0 Å². The first-order valence-corrected chi connectivity index (χ1v) is 7.33. The molecule has 0 bridgehead atoms. The summed E-state index contributed by atoms with van der Waals surface area (Å²) < 4.78 is 3.49. The van der Waals surface area contributed by atoms with Crippen molar-refractivity contribution in [3.05, 3.63) is 52.0 Å². The van der Waals surface area contributed by atoms with E-state index in [4.69, 9.17) is 4.98 Å². The number of fused-ring (bicyclic) bond motifs is 1. The second kappa shape index (κ2) is 4.88. The van der Waals surface area contributed by atoms with Gasteiger partial charge in [0.2, 0.25) is 0 Å². The molecule has 0 saturated carbocycles. The molecule has 0 radical (unpaired) electrons. The molecule has 1 atom stereocenters. The third-order valence-corrected chi connectivity index (χ3v) is 4.12. The van der Waals surface area contributed by atoms with Gasteiger partial charge in [0.25, 0.3) is 0 Å². The summed E-state index contributed by atoms with van der Waals surface area (Å²) in [7, 11) is 0. The van der Waals surface area contributed by atoms with E-state index in [1.165, 1.54) is 29.9 Å². The molecule has 1 aliphatic heterocycles. The highest BCUT2D eigenvalue weighted by Gasteiger charge is 2.17. The number of benzene rings is 1. The van der Waals surface area contributed by atoms with Gasteiger partial charge in [0.15, 0.2) is 0 Å². The monoisotopic (exact) mass is 304 g/mol. The topological polar surface area (TPSA) is 17.8 Å². The van der Waals surface area contributed by atoms with Crippen molar-refractivity contribution >= 4 is 15.9 Å². The van der Waals surface area contributed by atoms with E-state index in [0.29, 0.717) is 6.04 Å². The van der Waals surface area contributed by atoms with Crippen LogP contribution >= 0.6 is 15.9 Å². The molecule has 1 aromatic carbocycles. The molecule has 0 amide bonds. The minimum Gasteiger partial charge on any atom is -0.332 e. The van der Waals surface area contributed by atoms with Crippen molar-refractivity contribution in [2.75, 3.05) is 0 Å². The van der Waals surface area contributed by atoms with Crippen molar-refractivity contribution < 1.29 is 0 Å². The maximum Gasteiger partial charge on any atom is 0.109 e. The van der Waals surface area contributed by atoms with Crippen molar-refractivity contribution in [2.45, 2.75) is 38.6 Å². The summed E-state index contributed by atoms with van der Waals surface area (Å²) in [5, 5.41) is 0. The largest absolute Gasteiger partial charge is 0.332 e. The van der Waals surface area contributed by atoms with Crippen molar-refractivity contribution in [1.29, 1.82) is 0 Å². The quantitative estimate of drug-likeness (QED) is 0.815. The Hall–Kier alpha value is -1.09. The summed E-state index contributed by atoms with van der Waals surface area (Å²) in [6.45, 7) is 2.28. The third kappa shape index (κ3) is 2.37. The molecule has 0 aliphatic carbocycles. The fourth-order valence-electron chi connectivity index (χ4n) is 2.69. The Balaban J connectivity index is 1.85. The van der Waals surface area contributed by atoms with Gasteiger partial charge < -0.3 is 4.57 Å². The molecule has 94 valence electrons. The first-order chi connectivity index (χ1) is 8.72. The summed E-state index contributed by atoms with van der Waals surface area (Å²) in [4.78, 5) is 4.77. The molecule has 1 unspecified atom stereocenters. The van der Waals surface area contributed by atoms with Gasteiger partial charge >= 0.3 is 0 Å². The van der Waals surface area contributed by atoms with E-state index in [1.807, 2.05) is 0 Å². The Morgan fingerprint density at radius 1 is 1.44 bits per heavy atom. The van der Waals surface area contributed by atoms with Crippen LogP contribution in [0.25, 0.3) is 0 Å². The minimum absolute atomic E-state index is 0.609. The highest BCUT2D eigenvalue weighted by Crippen LogP contribution is 2.25. The molecule has 2 aromatic rings. The van der Waals surface area contributed by atoms with Crippen LogP contribution in [0.4, 0.5) is 0 Å². The Labute approximate surface area is 116 Å². The van der Waals surface area contributed by atoms with E-state index in [9.17, 15) is 0 Å². The van der Waals surface area contributed by atoms with Crippen LogP contribution in [-0.4, -0.2) is 9.55 Å². The lowest BCUT2D eigenvalue weighted by Crippen LogP contribution is -2.14. The molecule has 1 aromatic heterocycles. The zero-order chi connectivity index (χ0) is 12.5. The van der Waals surface area contributed by atoms with Gasteiger partial charge in [-0.2, -0.15) is 0 Å². The first-order valence-electron chi connectivity index (χ1n) is 6.53. The average molecular weight is 305 g/mol. The highest BCUT2D eigenvalue weighted by molar-refractivity contribution is 9.10. The summed E-state index contributed by atoms with van der Waals surface area (Å²) in [5.74, 6) is 1.26. The Bertz CT molecular complexity index is 559. The van der Waals surface area contributed by atoms with Crippen LogP contribution in [0.1, 0.15) is 42.9 Å². The van der Waals surface area contributed by atoms with Crippen LogP contribution < -0.4 is 0 Å². The summed E-state index contributed by atoms with van der Waals surface area (Å²) in [6, 6.07) is 9.08. The van der Waals surface area contributed by atoms with Gasteiger partial charge in [0.05, 0.1) is 5.69 Å².